The maximum Gasteiger partial charge on any atom is 0.191 e. The summed E-state index contributed by atoms with van der Waals surface area (Å²) in [7, 11) is 0. The highest BCUT2D eigenvalue weighted by molar-refractivity contribution is 14.0. The summed E-state index contributed by atoms with van der Waals surface area (Å²) >= 11 is 0. The van der Waals surface area contributed by atoms with Crippen LogP contribution in [0, 0.1) is 0 Å². The Kier molecular flexibility index (Phi) is 8.83. The molecule has 0 aliphatic rings. The van der Waals surface area contributed by atoms with Gasteiger partial charge in [0, 0.05) is 32.0 Å². The molecule has 2 aromatic rings. The number of nitrogens with one attached hydrogen (secondary N) is 2. The largest absolute Gasteiger partial charge is 0.466 e. The van der Waals surface area contributed by atoms with Crippen LogP contribution in [0.15, 0.2) is 46.5 Å². The number of aliphatic hydroxyl groups is 1. The number of imidazole rings is 1. The Morgan fingerprint density at radius 3 is 2.92 bits per heavy atom. The Hall–Kier alpha value is -1.55. The molecule has 2 heterocycles. The minimum atomic E-state index is -1.12. The summed E-state index contributed by atoms with van der Waals surface area (Å²) in [5, 5.41) is 16.9. The first kappa shape index (κ1) is 20.5. The molecule has 0 bridgehead atoms. The van der Waals surface area contributed by atoms with Crippen LogP contribution in [0.2, 0.25) is 0 Å². The molecule has 0 aliphatic carbocycles. The maximum absolute atomic E-state index is 10.4. The van der Waals surface area contributed by atoms with E-state index in [-0.39, 0.29) is 30.5 Å². The van der Waals surface area contributed by atoms with Gasteiger partial charge in [0.1, 0.15) is 11.4 Å². The zero-order valence-electron chi connectivity index (χ0n) is 14.1. The molecule has 8 heteroatoms. The summed E-state index contributed by atoms with van der Waals surface area (Å²) < 4.78 is 7.30. The van der Waals surface area contributed by atoms with Crippen LogP contribution in [0.4, 0.5) is 0 Å². The molecular formula is C16H26IN5O2. The number of hydrogen-bond donors (Lipinski definition) is 3. The molecule has 0 aliphatic heterocycles. The van der Waals surface area contributed by atoms with Gasteiger partial charge in [-0.05, 0) is 32.4 Å². The van der Waals surface area contributed by atoms with Crippen LogP contribution in [0.3, 0.4) is 0 Å². The fourth-order valence-electron chi connectivity index (χ4n) is 2.13. The molecular weight excluding hydrogens is 421 g/mol. The van der Waals surface area contributed by atoms with Crippen LogP contribution >= 0.6 is 24.0 Å². The van der Waals surface area contributed by atoms with Gasteiger partial charge in [0.25, 0.3) is 0 Å². The van der Waals surface area contributed by atoms with Crippen LogP contribution in [-0.2, 0) is 12.1 Å². The van der Waals surface area contributed by atoms with E-state index in [4.69, 9.17) is 4.42 Å². The van der Waals surface area contributed by atoms with Crippen LogP contribution in [-0.4, -0.2) is 40.3 Å². The monoisotopic (exact) mass is 447 g/mol. The van der Waals surface area contributed by atoms with Gasteiger partial charge in [-0.2, -0.15) is 0 Å². The van der Waals surface area contributed by atoms with E-state index in [1.54, 1.807) is 37.8 Å². The molecule has 0 fully saturated rings. The normalized spacial score (nSPS) is 13.9. The van der Waals surface area contributed by atoms with Gasteiger partial charge >= 0.3 is 0 Å². The quantitative estimate of drug-likeness (QED) is 0.249. The summed E-state index contributed by atoms with van der Waals surface area (Å²) in [6.45, 7) is 6.36. The van der Waals surface area contributed by atoms with Gasteiger partial charge in [-0.15, -0.1) is 24.0 Å². The molecule has 0 saturated carbocycles. The SMILES string of the molecule is CCNC(=NCC(C)(O)c1ccco1)NCCCn1ccnc1.I. The van der Waals surface area contributed by atoms with Gasteiger partial charge in [0.2, 0.25) is 0 Å². The van der Waals surface area contributed by atoms with E-state index in [0.29, 0.717) is 11.7 Å². The molecule has 0 aromatic carbocycles. The van der Waals surface area contributed by atoms with Crippen molar-refractivity contribution in [1.29, 1.82) is 0 Å². The Bertz CT molecular complexity index is 582. The maximum atomic E-state index is 10.4. The first-order valence-electron chi connectivity index (χ1n) is 7.86. The van der Waals surface area contributed by atoms with Crippen molar-refractivity contribution in [1.82, 2.24) is 20.2 Å². The number of furan rings is 1. The number of halogens is 1. The highest BCUT2D eigenvalue weighted by Crippen LogP contribution is 2.20. The number of rotatable bonds is 8. The topological polar surface area (TPSA) is 87.6 Å². The lowest BCUT2D eigenvalue weighted by molar-refractivity contribution is 0.0437. The summed E-state index contributed by atoms with van der Waals surface area (Å²) in [6, 6.07) is 3.51. The van der Waals surface area contributed by atoms with E-state index in [2.05, 4.69) is 20.6 Å². The third kappa shape index (κ3) is 6.52. The zero-order valence-corrected chi connectivity index (χ0v) is 16.4. The van der Waals surface area contributed by atoms with E-state index in [0.717, 1.165) is 26.1 Å². The van der Waals surface area contributed by atoms with Gasteiger partial charge in [-0.25, -0.2) is 9.98 Å². The molecule has 1 atom stereocenters. The van der Waals surface area contributed by atoms with Crippen molar-refractivity contribution < 1.29 is 9.52 Å². The minimum absolute atomic E-state index is 0. The van der Waals surface area contributed by atoms with Gasteiger partial charge < -0.3 is 24.7 Å². The zero-order chi connectivity index (χ0) is 16.5. The average molecular weight is 447 g/mol. The standard InChI is InChI=1S/C16H25N5O2.HI/c1-3-18-15(19-7-5-9-21-10-8-17-13-21)20-12-16(2,22)14-6-4-11-23-14;/h4,6,8,10-11,13,22H,3,5,7,9,12H2,1-2H3,(H2,18,19,20);1H. The fraction of sp³-hybridized carbons (Fsp3) is 0.500. The van der Waals surface area contributed by atoms with Crippen molar-refractivity contribution in [2.45, 2.75) is 32.4 Å². The van der Waals surface area contributed by atoms with E-state index in [1.165, 1.54) is 0 Å². The summed E-state index contributed by atoms with van der Waals surface area (Å²) in [4.78, 5) is 8.46. The Morgan fingerprint density at radius 2 is 2.29 bits per heavy atom. The Morgan fingerprint density at radius 1 is 1.46 bits per heavy atom. The number of guanidine groups is 1. The lowest BCUT2D eigenvalue weighted by Gasteiger charge is -2.19. The van der Waals surface area contributed by atoms with Crippen LogP contribution in [0.25, 0.3) is 0 Å². The van der Waals surface area contributed by atoms with Gasteiger partial charge in [0.15, 0.2) is 5.96 Å². The van der Waals surface area contributed by atoms with Crippen molar-refractivity contribution in [3.8, 4) is 0 Å². The van der Waals surface area contributed by atoms with Crippen molar-refractivity contribution in [2.75, 3.05) is 19.6 Å². The molecule has 0 spiro atoms. The van der Waals surface area contributed by atoms with Gasteiger partial charge in [-0.1, -0.05) is 0 Å². The van der Waals surface area contributed by atoms with Gasteiger partial charge in [0.05, 0.1) is 19.1 Å². The number of aliphatic imine (C=N–C) groups is 1. The van der Waals surface area contributed by atoms with Crippen molar-refractivity contribution in [2.24, 2.45) is 4.99 Å². The molecule has 0 radical (unpaired) electrons. The van der Waals surface area contributed by atoms with E-state index in [1.807, 2.05) is 17.7 Å². The smallest absolute Gasteiger partial charge is 0.191 e. The predicted molar refractivity (Wildman–Crippen MR) is 105 cm³/mol. The minimum Gasteiger partial charge on any atom is -0.466 e. The van der Waals surface area contributed by atoms with E-state index >= 15 is 0 Å². The molecule has 2 rings (SSSR count). The van der Waals surface area contributed by atoms with Crippen LogP contribution in [0.5, 0.6) is 0 Å². The number of nitrogens with zero attached hydrogens (tertiary/aromatic N) is 3. The van der Waals surface area contributed by atoms with Crippen LogP contribution < -0.4 is 10.6 Å². The highest BCUT2D eigenvalue weighted by atomic mass is 127. The second-order valence-corrected chi connectivity index (χ2v) is 5.53. The predicted octanol–water partition coefficient (Wildman–Crippen LogP) is 1.95. The van der Waals surface area contributed by atoms with E-state index in [9.17, 15) is 5.11 Å². The van der Waals surface area contributed by atoms with Crippen molar-refractivity contribution >= 4 is 29.9 Å². The molecule has 0 amide bonds. The molecule has 0 saturated heterocycles. The van der Waals surface area contributed by atoms with Crippen molar-refractivity contribution in [3.05, 3.63) is 42.9 Å². The van der Waals surface area contributed by atoms with Crippen molar-refractivity contribution in [3.63, 3.8) is 0 Å². The molecule has 24 heavy (non-hydrogen) atoms. The number of aryl methyl sites for hydroxylation is 1. The molecule has 3 N–H and O–H groups in total. The molecule has 1 unspecified atom stereocenters. The summed E-state index contributed by atoms with van der Waals surface area (Å²) in [5.74, 6) is 1.20. The molecule has 2 aromatic heterocycles. The number of aromatic nitrogens is 2. The second-order valence-electron chi connectivity index (χ2n) is 5.53. The fourth-order valence-corrected chi connectivity index (χ4v) is 2.13. The molecule has 134 valence electrons. The van der Waals surface area contributed by atoms with Crippen LogP contribution in [0.1, 0.15) is 26.0 Å². The highest BCUT2D eigenvalue weighted by Gasteiger charge is 2.25. The third-order valence-corrected chi connectivity index (χ3v) is 3.39. The summed E-state index contributed by atoms with van der Waals surface area (Å²) in [6.07, 6.45) is 8.03. The lowest BCUT2D eigenvalue weighted by atomic mass is 10.0. The average Bonchev–Trinajstić information content (AvgIpc) is 3.22. The lowest BCUT2D eigenvalue weighted by Crippen LogP contribution is -2.39. The molecule has 7 nitrogen and oxygen atoms in total. The first-order chi connectivity index (χ1) is 11.1. The Labute approximate surface area is 159 Å². The Balaban J connectivity index is 0.00000288. The van der Waals surface area contributed by atoms with E-state index < -0.39 is 5.60 Å². The second kappa shape index (κ2) is 10.3. The first-order valence-corrected chi connectivity index (χ1v) is 7.86. The summed E-state index contributed by atoms with van der Waals surface area (Å²) in [5.41, 5.74) is -1.12. The third-order valence-electron chi connectivity index (χ3n) is 3.39. The van der Waals surface area contributed by atoms with Gasteiger partial charge in [-0.3, -0.25) is 0 Å². The number of hydrogen-bond acceptors (Lipinski definition) is 4.